The third-order valence-corrected chi connectivity index (χ3v) is 5.07. The van der Waals surface area contributed by atoms with Crippen LogP contribution in [0.4, 0.5) is 11.4 Å². The molecular formula is C19H32N2. The normalized spacial score (nSPS) is 26.0. The molecular weight excluding hydrogens is 256 g/mol. The molecule has 0 saturated heterocycles. The first-order valence-corrected chi connectivity index (χ1v) is 8.43. The van der Waals surface area contributed by atoms with E-state index in [0.717, 1.165) is 17.8 Å². The summed E-state index contributed by atoms with van der Waals surface area (Å²) in [6.07, 6.45) is 4.05. The number of nitrogens with zero attached hydrogens (tertiary/aromatic N) is 1. The second-order valence-corrected chi connectivity index (χ2v) is 7.47. The van der Waals surface area contributed by atoms with Crippen LogP contribution < -0.4 is 10.2 Å². The van der Waals surface area contributed by atoms with Gasteiger partial charge in [0.05, 0.1) is 0 Å². The van der Waals surface area contributed by atoms with Crippen molar-refractivity contribution in [1.82, 2.24) is 0 Å². The van der Waals surface area contributed by atoms with Crippen LogP contribution in [0.3, 0.4) is 0 Å². The van der Waals surface area contributed by atoms with Crippen LogP contribution in [0.1, 0.15) is 45.6 Å². The molecule has 1 fully saturated rings. The Hall–Kier alpha value is -1.18. The highest BCUT2D eigenvalue weighted by molar-refractivity contribution is 5.62. The highest BCUT2D eigenvalue weighted by atomic mass is 15.1. The average Bonchev–Trinajstić information content (AvgIpc) is 2.40. The molecule has 1 aromatic carbocycles. The van der Waals surface area contributed by atoms with E-state index in [2.05, 4.69) is 70.2 Å². The fourth-order valence-corrected chi connectivity index (χ4v) is 3.76. The number of hydrogen-bond donors (Lipinski definition) is 1. The van der Waals surface area contributed by atoms with Gasteiger partial charge in [0, 0.05) is 31.5 Å². The Labute approximate surface area is 130 Å². The van der Waals surface area contributed by atoms with Gasteiger partial charge in [0.25, 0.3) is 0 Å². The van der Waals surface area contributed by atoms with Crippen molar-refractivity contribution in [2.24, 2.45) is 17.8 Å². The van der Waals surface area contributed by atoms with E-state index in [4.69, 9.17) is 0 Å². The zero-order valence-electron chi connectivity index (χ0n) is 14.6. The lowest BCUT2D eigenvalue weighted by atomic mass is 9.74. The van der Waals surface area contributed by atoms with Crippen LogP contribution in [0.15, 0.2) is 18.2 Å². The van der Waals surface area contributed by atoms with Gasteiger partial charge in [-0.2, -0.15) is 0 Å². The number of hydrogen-bond acceptors (Lipinski definition) is 2. The van der Waals surface area contributed by atoms with Crippen molar-refractivity contribution in [2.45, 2.75) is 53.0 Å². The van der Waals surface area contributed by atoms with Gasteiger partial charge in [-0.05, 0) is 55.2 Å². The quantitative estimate of drug-likeness (QED) is 0.844. The van der Waals surface area contributed by atoms with Crippen LogP contribution in [0.2, 0.25) is 0 Å². The molecule has 3 atom stereocenters. The molecule has 1 saturated carbocycles. The van der Waals surface area contributed by atoms with Gasteiger partial charge in [0.2, 0.25) is 0 Å². The molecule has 2 nitrogen and oxygen atoms in total. The van der Waals surface area contributed by atoms with E-state index < -0.39 is 0 Å². The third kappa shape index (κ3) is 3.93. The van der Waals surface area contributed by atoms with Crippen molar-refractivity contribution in [3.05, 3.63) is 23.8 Å². The molecule has 1 aliphatic rings. The molecule has 0 radical (unpaired) electrons. The van der Waals surface area contributed by atoms with Crippen LogP contribution in [-0.2, 0) is 0 Å². The Morgan fingerprint density at radius 1 is 1.19 bits per heavy atom. The lowest BCUT2D eigenvalue weighted by Gasteiger charge is -2.38. The minimum atomic E-state index is 0.617. The van der Waals surface area contributed by atoms with Crippen LogP contribution in [0, 0.1) is 24.7 Å². The molecule has 0 amide bonds. The Kier molecular flexibility index (Phi) is 5.18. The van der Waals surface area contributed by atoms with Crippen LogP contribution in [-0.4, -0.2) is 20.1 Å². The number of rotatable bonds is 4. The van der Waals surface area contributed by atoms with Gasteiger partial charge in [0.1, 0.15) is 0 Å². The van der Waals surface area contributed by atoms with Crippen molar-refractivity contribution in [3.8, 4) is 0 Å². The predicted octanol–water partition coefficient (Wildman–Crippen LogP) is 4.93. The summed E-state index contributed by atoms with van der Waals surface area (Å²) < 4.78 is 0. The third-order valence-electron chi connectivity index (χ3n) is 5.07. The van der Waals surface area contributed by atoms with Crippen molar-refractivity contribution in [2.75, 3.05) is 24.3 Å². The summed E-state index contributed by atoms with van der Waals surface area (Å²) in [7, 11) is 4.23. The molecule has 0 aromatic heterocycles. The Balaban J connectivity index is 2.17. The fraction of sp³-hybridized carbons (Fsp3) is 0.684. The molecule has 2 heteroatoms. The Morgan fingerprint density at radius 2 is 1.90 bits per heavy atom. The summed E-state index contributed by atoms with van der Waals surface area (Å²) >= 11 is 0. The molecule has 3 unspecified atom stereocenters. The summed E-state index contributed by atoms with van der Waals surface area (Å²) in [6, 6.07) is 7.38. The summed E-state index contributed by atoms with van der Waals surface area (Å²) in [5, 5.41) is 3.84. The lowest BCUT2D eigenvalue weighted by Crippen LogP contribution is -2.37. The van der Waals surface area contributed by atoms with E-state index in [-0.39, 0.29) is 0 Å². The summed E-state index contributed by atoms with van der Waals surface area (Å²) in [6.45, 7) is 9.32. The second-order valence-electron chi connectivity index (χ2n) is 7.47. The molecule has 0 bridgehead atoms. The van der Waals surface area contributed by atoms with E-state index in [9.17, 15) is 0 Å². The standard InChI is InChI=1S/C19H32N2/c1-13(2)17-10-7-14(3)11-18(17)20-16-9-8-15(4)19(12-16)21(5)6/h8-9,12-14,17-18,20H,7,10-11H2,1-6H3. The molecule has 1 aromatic rings. The number of aryl methyl sites for hydroxylation is 1. The Bertz CT molecular complexity index is 465. The number of anilines is 2. The molecule has 1 N–H and O–H groups in total. The second kappa shape index (κ2) is 6.72. The van der Waals surface area contributed by atoms with Crippen molar-refractivity contribution >= 4 is 11.4 Å². The van der Waals surface area contributed by atoms with Gasteiger partial charge in [-0.1, -0.05) is 33.3 Å². The summed E-state index contributed by atoms with van der Waals surface area (Å²) in [5.41, 5.74) is 3.92. The maximum absolute atomic E-state index is 3.84. The minimum Gasteiger partial charge on any atom is -0.382 e. The lowest BCUT2D eigenvalue weighted by molar-refractivity contribution is 0.212. The molecule has 0 spiro atoms. The van der Waals surface area contributed by atoms with Gasteiger partial charge < -0.3 is 10.2 Å². The molecule has 0 aliphatic heterocycles. The number of benzene rings is 1. The van der Waals surface area contributed by atoms with Crippen molar-refractivity contribution in [1.29, 1.82) is 0 Å². The van der Waals surface area contributed by atoms with Gasteiger partial charge in [0.15, 0.2) is 0 Å². The molecule has 118 valence electrons. The maximum Gasteiger partial charge on any atom is 0.0411 e. The maximum atomic E-state index is 3.84. The molecule has 0 heterocycles. The van der Waals surface area contributed by atoms with Gasteiger partial charge in [-0.25, -0.2) is 0 Å². The highest BCUT2D eigenvalue weighted by Crippen LogP contribution is 2.35. The van der Waals surface area contributed by atoms with Crippen molar-refractivity contribution < 1.29 is 0 Å². The van der Waals surface area contributed by atoms with E-state index in [1.165, 1.54) is 36.2 Å². The van der Waals surface area contributed by atoms with Gasteiger partial charge in [-0.3, -0.25) is 0 Å². The smallest absolute Gasteiger partial charge is 0.0411 e. The molecule has 21 heavy (non-hydrogen) atoms. The summed E-state index contributed by atoms with van der Waals surface area (Å²) in [4.78, 5) is 2.20. The molecule has 2 rings (SSSR count). The van der Waals surface area contributed by atoms with Crippen molar-refractivity contribution in [3.63, 3.8) is 0 Å². The number of nitrogens with one attached hydrogen (secondary N) is 1. The minimum absolute atomic E-state index is 0.617. The first-order chi connectivity index (χ1) is 9.88. The summed E-state index contributed by atoms with van der Waals surface area (Å²) in [5.74, 6) is 2.40. The van der Waals surface area contributed by atoms with E-state index in [0.29, 0.717) is 6.04 Å². The monoisotopic (exact) mass is 288 g/mol. The zero-order chi connectivity index (χ0) is 15.6. The zero-order valence-corrected chi connectivity index (χ0v) is 14.6. The largest absolute Gasteiger partial charge is 0.382 e. The fourth-order valence-electron chi connectivity index (χ4n) is 3.76. The van der Waals surface area contributed by atoms with Crippen LogP contribution in [0.25, 0.3) is 0 Å². The SMILES string of the molecule is Cc1ccc(NC2CC(C)CCC2C(C)C)cc1N(C)C. The highest BCUT2D eigenvalue weighted by Gasteiger charge is 2.30. The van der Waals surface area contributed by atoms with Gasteiger partial charge >= 0.3 is 0 Å². The topological polar surface area (TPSA) is 15.3 Å². The van der Waals surface area contributed by atoms with E-state index in [1.807, 2.05) is 0 Å². The molecule has 1 aliphatic carbocycles. The average molecular weight is 288 g/mol. The van der Waals surface area contributed by atoms with Gasteiger partial charge in [-0.15, -0.1) is 0 Å². The predicted molar refractivity (Wildman–Crippen MR) is 94.3 cm³/mol. The van der Waals surface area contributed by atoms with Crippen LogP contribution >= 0.6 is 0 Å². The van der Waals surface area contributed by atoms with Crippen LogP contribution in [0.5, 0.6) is 0 Å². The van der Waals surface area contributed by atoms with E-state index >= 15 is 0 Å². The first-order valence-electron chi connectivity index (χ1n) is 8.43. The Morgan fingerprint density at radius 3 is 2.52 bits per heavy atom. The first kappa shape index (κ1) is 16.2. The van der Waals surface area contributed by atoms with E-state index in [1.54, 1.807) is 0 Å².